The third-order valence-corrected chi connectivity index (χ3v) is 4.19. The number of hydrogen-bond donors (Lipinski definition) is 1. The van der Waals surface area contributed by atoms with Crippen LogP contribution < -0.4 is 5.32 Å². The fourth-order valence-corrected chi connectivity index (χ4v) is 3.01. The van der Waals surface area contributed by atoms with Gasteiger partial charge >= 0.3 is 0 Å². The third kappa shape index (κ3) is 3.40. The van der Waals surface area contributed by atoms with Crippen molar-refractivity contribution in [2.24, 2.45) is 0 Å². The van der Waals surface area contributed by atoms with E-state index in [1.54, 1.807) is 12.1 Å². The van der Waals surface area contributed by atoms with E-state index in [2.05, 4.69) is 10.5 Å². The minimum atomic E-state index is -0.381. The van der Waals surface area contributed by atoms with Gasteiger partial charge in [-0.15, -0.1) is 11.8 Å². The molecule has 0 spiro atoms. The number of nitrogens with one attached hydrogen (secondary N) is 1. The van der Waals surface area contributed by atoms with Crippen molar-refractivity contribution < 1.29 is 18.9 Å². The molecule has 1 heterocycles. The first-order valence-corrected chi connectivity index (χ1v) is 7.87. The highest BCUT2D eigenvalue weighted by Crippen LogP contribution is 2.28. The molecule has 2 aromatic rings. The molecular formula is C16H12N2O4S. The molecule has 0 saturated heterocycles. The van der Waals surface area contributed by atoms with E-state index in [-0.39, 0.29) is 35.2 Å². The Hall–Kier alpha value is -2.67. The molecule has 0 radical (unpaired) electrons. The van der Waals surface area contributed by atoms with Crippen LogP contribution >= 0.6 is 11.8 Å². The van der Waals surface area contributed by atoms with Crippen molar-refractivity contribution in [3.05, 3.63) is 58.8 Å². The molecule has 1 aromatic heterocycles. The second kappa shape index (κ2) is 6.62. The van der Waals surface area contributed by atoms with E-state index in [9.17, 15) is 14.4 Å². The number of anilines is 1. The highest BCUT2D eigenvalue weighted by molar-refractivity contribution is 8.04. The number of nitrogens with zero attached hydrogens (tertiary/aromatic N) is 1. The number of hydrogen-bond acceptors (Lipinski definition) is 6. The minimum absolute atomic E-state index is 0.0267. The zero-order valence-corrected chi connectivity index (χ0v) is 12.8. The fraction of sp³-hybridized carbons (Fsp3) is 0.125. The number of para-hydroxylation sites is 1. The molecule has 1 aliphatic carbocycles. The summed E-state index contributed by atoms with van der Waals surface area (Å²) in [4.78, 5) is 36.1. The lowest BCUT2D eigenvalue weighted by Crippen LogP contribution is -2.15. The van der Waals surface area contributed by atoms with Gasteiger partial charge in [-0.2, -0.15) is 0 Å². The fourth-order valence-electron chi connectivity index (χ4n) is 2.07. The molecule has 116 valence electrons. The molecule has 1 N–H and O–H groups in total. The minimum Gasteiger partial charge on any atom is -0.352 e. The van der Waals surface area contributed by atoms with Crippen LogP contribution in [0.2, 0.25) is 0 Å². The zero-order chi connectivity index (χ0) is 16.2. The Bertz CT molecular complexity index is 795. The van der Waals surface area contributed by atoms with Crippen molar-refractivity contribution in [2.45, 2.75) is 6.42 Å². The number of carbonyl (C=O) groups excluding carboxylic acids is 3. The zero-order valence-electron chi connectivity index (χ0n) is 11.9. The van der Waals surface area contributed by atoms with Crippen LogP contribution in [0.25, 0.3) is 0 Å². The Morgan fingerprint density at radius 1 is 1.22 bits per heavy atom. The number of ketones is 2. The number of thioether (sulfide) groups is 1. The molecule has 1 amide bonds. The van der Waals surface area contributed by atoms with Gasteiger partial charge in [-0.05, 0) is 12.1 Å². The van der Waals surface area contributed by atoms with E-state index in [4.69, 9.17) is 4.52 Å². The maximum Gasteiger partial charge on any atom is 0.225 e. The second-order valence-corrected chi connectivity index (χ2v) is 5.92. The van der Waals surface area contributed by atoms with Gasteiger partial charge in [0.05, 0.1) is 16.7 Å². The van der Waals surface area contributed by atoms with Crippen molar-refractivity contribution >= 4 is 34.9 Å². The van der Waals surface area contributed by atoms with E-state index in [1.165, 1.54) is 24.0 Å². The first-order valence-electron chi connectivity index (χ1n) is 6.88. The van der Waals surface area contributed by atoms with E-state index in [0.29, 0.717) is 10.7 Å². The van der Waals surface area contributed by atoms with Crippen LogP contribution in [0.4, 0.5) is 5.69 Å². The summed E-state index contributed by atoms with van der Waals surface area (Å²) in [5.41, 5.74) is 0.897. The van der Waals surface area contributed by atoms with Gasteiger partial charge in [-0.1, -0.05) is 23.4 Å². The SMILES string of the molecule is O=C(CCSC1=CC(=O)c2oncc2C1=O)Nc1ccccc1. The summed E-state index contributed by atoms with van der Waals surface area (Å²) >= 11 is 1.18. The first-order chi connectivity index (χ1) is 11.1. The molecule has 23 heavy (non-hydrogen) atoms. The second-order valence-electron chi connectivity index (χ2n) is 4.78. The number of amides is 1. The normalized spacial score (nSPS) is 13.5. The van der Waals surface area contributed by atoms with Crippen molar-refractivity contribution in [2.75, 3.05) is 11.1 Å². The van der Waals surface area contributed by atoms with E-state index < -0.39 is 0 Å². The Morgan fingerprint density at radius 3 is 2.78 bits per heavy atom. The standard InChI is InChI=1S/C16H12N2O4S/c19-12-8-13(15(21)11-9-17-22-16(11)12)23-7-6-14(20)18-10-4-2-1-3-5-10/h1-5,8-9H,6-7H2,(H,18,20). The number of carbonyl (C=O) groups is 3. The monoisotopic (exact) mass is 328 g/mol. The molecule has 0 fully saturated rings. The van der Waals surface area contributed by atoms with Crippen LogP contribution in [0.1, 0.15) is 27.3 Å². The number of fused-ring (bicyclic) bond motifs is 1. The highest BCUT2D eigenvalue weighted by Gasteiger charge is 2.29. The van der Waals surface area contributed by atoms with Gasteiger partial charge in [0.15, 0.2) is 0 Å². The van der Waals surface area contributed by atoms with Gasteiger partial charge in [0.1, 0.15) is 0 Å². The lowest BCUT2D eigenvalue weighted by atomic mass is 10.0. The summed E-state index contributed by atoms with van der Waals surface area (Å²) < 4.78 is 4.76. The number of aromatic nitrogens is 1. The summed E-state index contributed by atoms with van der Waals surface area (Å²) in [6, 6.07) is 9.12. The lowest BCUT2D eigenvalue weighted by Gasteiger charge is -2.09. The van der Waals surface area contributed by atoms with Crippen LogP contribution in [0.15, 0.2) is 52.0 Å². The number of rotatable bonds is 5. The maximum atomic E-state index is 12.1. The van der Waals surface area contributed by atoms with Crippen LogP contribution in [-0.4, -0.2) is 28.4 Å². The van der Waals surface area contributed by atoms with Crippen molar-refractivity contribution in [1.82, 2.24) is 5.16 Å². The molecule has 1 aromatic carbocycles. The summed E-state index contributed by atoms with van der Waals surface area (Å²) in [6.07, 6.45) is 2.70. The van der Waals surface area contributed by atoms with Crippen LogP contribution in [-0.2, 0) is 4.79 Å². The summed E-state index contributed by atoms with van der Waals surface area (Å²) in [5, 5.41) is 6.23. The largest absolute Gasteiger partial charge is 0.352 e. The predicted molar refractivity (Wildman–Crippen MR) is 85.4 cm³/mol. The van der Waals surface area contributed by atoms with Crippen LogP contribution in [0.3, 0.4) is 0 Å². The molecular weight excluding hydrogens is 316 g/mol. The van der Waals surface area contributed by atoms with Gasteiger partial charge in [0.25, 0.3) is 0 Å². The number of allylic oxidation sites excluding steroid dienone is 2. The van der Waals surface area contributed by atoms with Gasteiger partial charge in [-0.25, -0.2) is 0 Å². The first kappa shape index (κ1) is 15.2. The molecule has 6 nitrogen and oxygen atoms in total. The highest BCUT2D eigenvalue weighted by atomic mass is 32.2. The van der Waals surface area contributed by atoms with Crippen LogP contribution in [0, 0.1) is 0 Å². The lowest BCUT2D eigenvalue weighted by molar-refractivity contribution is -0.115. The van der Waals surface area contributed by atoms with Gasteiger partial charge < -0.3 is 9.84 Å². The Kier molecular flexibility index (Phi) is 4.38. The molecule has 0 aliphatic heterocycles. The quantitative estimate of drug-likeness (QED) is 0.907. The topological polar surface area (TPSA) is 89.3 Å². The molecule has 3 rings (SSSR count). The molecule has 0 saturated carbocycles. The smallest absolute Gasteiger partial charge is 0.225 e. The van der Waals surface area contributed by atoms with E-state index in [1.807, 2.05) is 18.2 Å². The average molecular weight is 328 g/mol. The third-order valence-electron chi connectivity index (χ3n) is 3.17. The van der Waals surface area contributed by atoms with E-state index >= 15 is 0 Å². The molecule has 7 heteroatoms. The Balaban J connectivity index is 1.54. The Labute approximate surface area is 135 Å². The molecule has 0 atom stereocenters. The van der Waals surface area contributed by atoms with Gasteiger partial charge in [0, 0.05) is 23.9 Å². The van der Waals surface area contributed by atoms with Crippen molar-refractivity contribution in [3.63, 3.8) is 0 Å². The predicted octanol–water partition coefficient (Wildman–Crippen LogP) is 2.70. The molecule has 1 aliphatic rings. The number of Topliss-reactive ketones (excluding diaryl/α,β-unsaturated/α-hetero) is 1. The van der Waals surface area contributed by atoms with Gasteiger partial charge in [0.2, 0.25) is 23.2 Å². The molecule has 0 unspecified atom stereocenters. The molecule has 0 bridgehead atoms. The average Bonchev–Trinajstić information content (AvgIpc) is 3.03. The number of benzene rings is 1. The summed E-state index contributed by atoms with van der Waals surface area (Å²) in [6.45, 7) is 0. The van der Waals surface area contributed by atoms with E-state index in [0.717, 1.165) is 5.69 Å². The van der Waals surface area contributed by atoms with Crippen LogP contribution in [0.5, 0.6) is 0 Å². The van der Waals surface area contributed by atoms with Crippen molar-refractivity contribution in [1.29, 1.82) is 0 Å². The summed E-state index contributed by atoms with van der Waals surface area (Å²) in [5.74, 6) is -0.460. The summed E-state index contributed by atoms with van der Waals surface area (Å²) in [7, 11) is 0. The van der Waals surface area contributed by atoms with Gasteiger partial charge in [-0.3, -0.25) is 14.4 Å². The maximum absolute atomic E-state index is 12.1. The Morgan fingerprint density at radius 2 is 2.00 bits per heavy atom. The van der Waals surface area contributed by atoms with Crippen molar-refractivity contribution in [3.8, 4) is 0 Å².